The van der Waals surface area contributed by atoms with Gasteiger partial charge in [0, 0.05) is 13.6 Å². The van der Waals surface area contributed by atoms with E-state index < -0.39 is 23.8 Å². The third-order valence-corrected chi connectivity index (χ3v) is 3.19. The van der Waals surface area contributed by atoms with E-state index in [9.17, 15) is 14.0 Å². The van der Waals surface area contributed by atoms with Gasteiger partial charge in [-0.1, -0.05) is 18.5 Å². The van der Waals surface area contributed by atoms with Gasteiger partial charge in [0.05, 0.1) is 10.9 Å². The van der Waals surface area contributed by atoms with Crippen LogP contribution in [0.25, 0.3) is 0 Å². The molecular formula is C14H17ClFNO4. The minimum atomic E-state index is -0.982. The van der Waals surface area contributed by atoms with E-state index in [-0.39, 0.29) is 23.2 Å². The Bertz CT molecular complexity index is 538. The number of carbonyl (C=O) groups is 2. The fourth-order valence-electron chi connectivity index (χ4n) is 1.70. The number of hydrogen-bond acceptors (Lipinski definition) is 3. The summed E-state index contributed by atoms with van der Waals surface area (Å²) < 4.78 is 18.3. The number of amides is 1. The zero-order valence-electron chi connectivity index (χ0n) is 12.0. The predicted octanol–water partition coefficient (Wildman–Crippen LogP) is 2.43. The van der Waals surface area contributed by atoms with Crippen molar-refractivity contribution in [3.8, 4) is 5.75 Å². The van der Waals surface area contributed by atoms with E-state index in [1.54, 1.807) is 0 Å². The highest BCUT2D eigenvalue weighted by molar-refractivity contribution is 6.32. The lowest BCUT2D eigenvalue weighted by atomic mass is 10.1. The van der Waals surface area contributed by atoms with Gasteiger partial charge in [-0.05, 0) is 25.1 Å². The van der Waals surface area contributed by atoms with Gasteiger partial charge in [-0.2, -0.15) is 0 Å². The fourth-order valence-corrected chi connectivity index (χ4v) is 1.91. The molecule has 0 aliphatic carbocycles. The number of hydrogen-bond donors (Lipinski definition) is 1. The highest BCUT2D eigenvalue weighted by Gasteiger charge is 2.23. The number of carboxylic acid groups (broad SMARTS) is 1. The van der Waals surface area contributed by atoms with Gasteiger partial charge in [-0.3, -0.25) is 9.59 Å². The zero-order valence-corrected chi connectivity index (χ0v) is 12.7. The van der Waals surface area contributed by atoms with Crippen molar-refractivity contribution in [1.29, 1.82) is 0 Å². The zero-order chi connectivity index (χ0) is 16.2. The van der Waals surface area contributed by atoms with Crippen molar-refractivity contribution in [3.63, 3.8) is 0 Å². The number of ether oxygens (including phenoxy) is 1. The van der Waals surface area contributed by atoms with E-state index >= 15 is 0 Å². The maximum absolute atomic E-state index is 12.9. The number of aliphatic carboxylic acids is 1. The molecule has 0 radical (unpaired) electrons. The molecular weight excluding hydrogens is 301 g/mol. The van der Waals surface area contributed by atoms with Gasteiger partial charge >= 0.3 is 5.97 Å². The number of nitrogens with zero attached hydrogens (tertiary/aromatic N) is 1. The average molecular weight is 318 g/mol. The molecule has 0 saturated heterocycles. The molecule has 1 amide bonds. The molecule has 21 heavy (non-hydrogen) atoms. The monoisotopic (exact) mass is 317 g/mol. The molecule has 1 aromatic rings. The second-order valence-corrected chi connectivity index (χ2v) is 5.20. The highest BCUT2D eigenvalue weighted by atomic mass is 35.5. The van der Waals surface area contributed by atoms with Crippen LogP contribution in [0.4, 0.5) is 4.39 Å². The van der Waals surface area contributed by atoms with E-state index in [0.717, 1.165) is 6.07 Å². The third-order valence-electron chi connectivity index (χ3n) is 2.89. The summed E-state index contributed by atoms with van der Waals surface area (Å²) in [6, 6.07) is 3.60. The molecule has 0 aromatic heterocycles. The first-order valence-electron chi connectivity index (χ1n) is 6.32. The molecule has 0 fully saturated rings. The summed E-state index contributed by atoms with van der Waals surface area (Å²) in [6.07, 6.45) is -0.862. The Morgan fingerprint density at radius 1 is 1.43 bits per heavy atom. The van der Waals surface area contributed by atoms with Crippen molar-refractivity contribution in [2.45, 2.75) is 20.0 Å². The van der Waals surface area contributed by atoms with Crippen molar-refractivity contribution in [2.75, 3.05) is 13.6 Å². The van der Waals surface area contributed by atoms with Crippen molar-refractivity contribution in [2.24, 2.45) is 5.92 Å². The first-order chi connectivity index (χ1) is 9.72. The highest BCUT2D eigenvalue weighted by Crippen LogP contribution is 2.26. The lowest BCUT2D eigenvalue weighted by Gasteiger charge is -2.23. The van der Waals surface area contributed by atoms with E-state index in [1.165, 1.54) is 37.9 Å². The Kier molecular flexibility index (Phi) is 5.96. The molecule has 7 heteroatoms. The molecule has 0 saturated carbocycles. The molecule has 2 unspecified atom stereocenters. The number of halogens is 2. The van der Waals surface area contributed by atoms with Crippen molar-refractivity contribution < 1.29 is 23.8 Å². The summed E-state index contributed by atoms with van der Waals surface area (Å²) in [5.74, 6) is -2.36. The van der Waals surface area contributed by atoms with Crippen molar-refractivity contribution in [3.05, 3.63) is 29.0 Å². The summed E-state index contributed by atoms with van der Waals surface area (Å²) in [4.78, 5) is 24.1. The summed E-state index contributed by atoms with van der Waals surface area (Å²) in [6.45, 7) is 3.09. The number of carboxylic acids is 1. The molecule has 5 nitrogen and oxygen atoms in total. The van der Waals surface area contributed by atoms with Crippen LogP contribution in [0, 0.1) is 11.7 Å². The van der Waals surface area contributed by atoms with Crippen molar-refractivity contribution in [1.82, 2.24) is 4.90 Å². The molecule has 1 rings (SSSR count). The van der Waals surface area contributed by atoms with E-state index in [2.05, 4.69) is 0 Å². The summed E-state index contributed by atoms with van der Waals surface area (Å²) in [5, 5.41) is 8.89. The van der Waals surface area contributed by atoms with E-state index in [1.807, 2.05) is 0 Å². The largest absolute Gasteiger partial charge is 0.481 e. The Morgan fingerprint density at radius 2 is 2.05 bits per heavy atom. The number of carbonyl (C=O) groups excluding carboxylic acids is 1. The molecule has 0 bridgehead atoms. The quantitative estimate of drug-likeness (QED) is 0.875. The van der Waals surface area contributed by atoms with Gasteiger partial charge in [-0.25, -0.2) is 4.39 Å². The van der Waals surface area contributed by atoms with Crippen LogP contribution in [0.15, 0.2) is 18.2 Å². The van der Waals surface area contributed by atoms with Gasteiger partial charge in [0.25, 0.3) is 5.91 Å². The molecule has 0 heterocycles. The Balaban J connectivity index is 2.67. The molecule has 2 atom stereocenters. The predicted molar refractivity (Wildman–Crippen MR) is 75.9 cm³/mol. The Hall–Kier alpha value is -1.82. The number of rotatable bonds is 6. The summed E-state index contributed by atoms with van der Waals surface area (Å²) >= 11 is 5.82. The third kappa shape index (κ3) is 4.90. The molecule has 0 aliphatic rings. The van der Waals surface area contributed by atoms with E-state index in [4.69, 9.17) is 21.4 Å². The average Bonchev–Trinajstić information content (AvgIpc) is 2.40. The van der Waals surface area contributed by atoms with E-state index in [0.29, 0.717) is 0 Å². The van der Waals surface area contributed by atoms with Crippen LogP contribution in [-0.2, 0) is 9.59 Å². The summed E-state index contributed by atoms with van der Waals surface area (Å²) in [7, 11) is 1.49. The van der Waals surface area contributed by atoms with Gasteiger partial charge in [-0.15, -0.1) is 0 Å². The minimum Gasteiger partial charge on any atom is -0.481 e. The second kappa shape index (κ2) is 7.26. The maximum Gasteiger partial charge on any atom is 0.308 e. The Labute approximate surface area is 127 Å². The van der Waals surface area contributed by atoms with Crippen LogP contribution in [0.1, 0.15) is 13.8 Å². The molecule has 0 spiro atoms. The molecule has 116 valence electrons. The lowest BCUT2D eigenvalue weighted by Crippen LogP contribution is -2.41. The van der Waals surface area contributed by atoms with Crippen LogP contribution in [0.5, 0.6) is 5.75 Å². The number of likely N-dealkylation sites (N-methyl/N-ethyl adjacent to an activating group) is 1. The molecule has 1 aromatic carbocycles. The van der Waals surface area contributed by atoms with Gasteiger partial charge in [0.2, 0.25) is 0 Å². The van der Waals surface area contributed by atoms with Gasteiger partial charge < -0.3 is 14.7 Å². The van der Waals surface area contributed by atoms with Crippen LogP contribution in [-0.4, -0.2) is 41.6 Å². The molecule has 1 N–H and O–H groups in total. The smallest absolute Gasteiger partial charge is 0.308 e. The first-order valence-corrected chi connectivity index (χ1v) is 6.69. The topological polar surface area (TPSA) is 66.8 Å². The van der Waals surface area contributed by atoms with Crippen LogP contribution in [0.3, 0.4) is 0 Å². The fraction of sp³-hybridized carbons (Fsp3) is 0.429. The SMILES string of the molecule is CC(CN(C)C(=O)C(C)Oc1ccc(F)cc1Cl)C(=O)O. The first kappa shape index (κ1) is 17.2. The number of benzene rings is 1. The van der Waals surface area contributed by atoms with Crippen LogP contribution >= 0.6 is 11.6 Å². The second-order valence-electron chi connectivity index (χ2n) is 4.79. The van der Waals surface area contributed by atoms with Crippen molar-refractivity contribution >= 4 is 23.5 Å². The molecule has 0 aliphatic heterocycles. The maximum atomic E-state index is 12.9. The van der Waals surface area contributed by atoms with Crippen LogP contribution in [0.2, 0.25) is 5.02 Å². The lowest BCUT2D eigenvalue weighted by molar-refractivity contribution is -0.144. The van der Waals surface area contributed by atoms with Crippen LogP contribution < -0.4 is 4.74 Å². The normalized spacial score (nSPS) is 13.4. The Morgan fingerprint density at radius 3 is 2.57 bits per heavy atom. The van der Waals surface area contributed by atoms with Gasteiger partial charge in [0.1, 0.15) is 11.6 Å². The summed E-state index contributed by atoms with van der Waals surface area (Å²) in [5.41, 5.74) is 0. The van der Waals surface area contributed by atoms with Gasteiger partial charge in [0.15, 0.2) is 6.10 Å². The minimum absolute atomic E-state index is 0.0659. The standard InChI is InChI=1S/C14H17ClFNO4/c1-8(14(19)20)7-17(3)13(18)9(2)21-12-5-4-10(16)6-11(12)15/h4-6,8-9H,7H2,1-3H3,(H,19,20).